The van der Waals surface area contributed by atoms with Gasteiger partial charge < -0.3 is 15.2 Å². The zero-order chi connectivity index (χ0) is 22.0. The summed E-state index contributed by atoms with van der Waals surface area (Å²) >= 11 is 0. The average Bonchev–Trinajstić information content (AvgIpc) is 2.73. The topological polar surface area (TPSA) is 68.4 Å². The van der Waals surface area contributed by atoms with E-state index in [1.54, 1.807) is 6.07 Å². The molecule has 0 bridgehead atoms. The smallest absolute Gasteiger partial charge is 0.368 e. The summed E-state index contributed by atoms with van der Waals surface area (Å²) in [5, 5.41) is 3.49. The van der Waals surface area contributed by atoms with Crippen molar-refractivity contribution < 1.29 is 18.0 Å². The van der Waals surface area contributed by atoms with Crippen LogP contribution >= 0.6 is 0 Å². The number of piperazine rings is 1. The highest BCUT2D eigenvalue weighted by Crippen LogP contribution is 2.30. The lowest BCUT2D eigenvalue weighted by molar-refractivity contribution is -0.137. The first-order valence-corrected chi connectivity index (χ1v) is 9.86. The third kappa shape index (κ3) is 4.88. The maximum absolute atomic E-state index is 12.8. The van der Waals surface area contributed by atoms with Gasteiger partial charge in [-0.2, -0.15) is 13.2 Å². The molecule has 1 fully saturated rings. The molecule has 1 aliphatic heterocycles. The zero-order valence-electron chi connectivity index (χ0n) is 16.6. The number of pyridine rings is 1. The molecule has 1 aliphatic rings. The summed E-state index contributed by atoms with van der Waals surface area (Å²) < 4.78 is 38.5. The van der Waals surface area contributed by atoms with E-state index in [0.29, 0.717) is 26.2 Å². The maximum Gasteiger partial charge on any atom is 0.416 e. The number of rotatable bonds is 4. The van der Waals surface area contributed by atoms with E-state index in [1.165, 1.54) is 12.1 Å². The van der Waals surface area contributed by atoms with Crippen molar-refractivity contribution >= 4 is 28.2 Å². The second-order valence-corrected chi connectivity index (χ2v) is 7.45. The number of hydrogen-bond donors (Lipinski definition) is 2. The van der Waals surface area contributed by atoms with Crippen molar-refractivity contribution in [1.82, 2.24) is 9.88 Å². The number of benzene rings is 2. The molecule has 6 nitrogen and oxygen atoms in total. The van der Waals surface area contributed by atoms with Crippen molar-refractivity contribution in [3.63, 3.8) is 0 Å². The SMILES string of the molecule is O=C(CN1CCN(c2cc(=O)[nH]c3ccccc23)CC1)Nc1cccc(C(F)(F)F)c1. The number of H-pyrrole nitrogens is 1. The first kappa shape index (κ1) is 20.9. The van der Waals surface area contributed by atoms with Gasteiger partial charge in [0.2, 0.25) is 11.5 Å². The summed E-state index contributed by atoms with van der Waals surface area (Å²) in [6, 6.07) is 13.8. The first-order valence-electron chi connectivity index (χ1n) is 9.86. The van der Waals surface area contributed by atoms with Crippen molar-refractivity contribution in [2.75, 3.05) is 42.9 Å². The van der Waals surface area contributed by atoms with Crippen molar-refractivity contribution in [1.29, 1.82) is 0 Å². The van der Waals surface area contributed by atoms with E-state index in [0.717, 1.165) is 28.7 Å². The van der Waals surface area contributed by atoms with E-state index >= 15 is 0 Å². The third-order valence-corrected chi connectivity index (χ3v) is 5.28. The van der Waals surface area contributed by atoms with Crippen LogP contribution in [0.5, 0.6) is 0 Å². The lowest BCUT2D eigenvalue weighted by atomic mass is 10.1. The Kier molecular flexibility index (Phi) is 5.69. The quantitative estimate of drug-likeness (QED) is 0.667. The van der Waals surface area contributed by atoms with E-state index in [4.69, 9.17) is 0 Å². The number of anilines is 2. The van der Waals surface area contributed by atoms with Gasteiger partial charge in [0.1, 0.15) is 0 Å². The molecule has 3 aromatic rings. The Morgan fingerprint density at radius 2 is 1.74 bits per heavy atom. The second-order valence-electron chi connectivity index (χ2n) is 7.45. The molecular weight excluding hydrogens is 409 g/mol. The highest BCUT2D eigenvalue weighted by Gasteiger charge is 2.30. The molecule has 31 heavy (non-hydrogen) atoms. The van der Waals surface area contributed by atoms with Crippen LogP contribution in [0, 0.1) is 0 Å². The van der Waals surface area contributed by atoms with Gasteiger partial charge >= 0.3 is 6.18 Å². The van der Waals surface area contributed by atoms with Crippen LogP contribution in [0.15, 0.2) is 59.4 Å². The number of para-hydroxylation sites is 1. The van der Waals surface area contributed by atoms with Gasteiger partial charge in [0, 0.05) is 43.3 Å². The van der Waals surface area contributed by atoms with Crippen LogP contribution in [-0.4, -0.2) is 48.5 Å². The van der Waals surface area contributed by atoms with Gasteiger partial charge in [-0.15, -0.1) is 0 Å². The summed E-state index contributed by atoms with van der Waals surface area (Å²) in [7, 11) is 0. The minimum Gasteiger partial charge on any atom is -0.368 e. The fraction of sp³-hybridized carbons (Fsp3) is 0.273. The summed E-state index contributed by atoms with van der Waals surface area (Å²) in [4.78, 5) is 31.2. The van der Waals surface area contributed by atoms with E-state index in [2.05, 4.69) is 15.2 Å². The fourth-order valence-corrected chi connectivity index (χ4v) is 3.77. The van der Waals surface area contributed by atoms with E-state index in [1.807, 2.05) is 29.2 Å². The second kappa shape index (κ2) is 8.43. The molecule has 0 spiro atoms. The number of carbonyl (C=O) groups is 1. The number of nitrogens with one attached hydrogen (secondary N) is 2. The molecule has 0 radical (unpaired) electrons. The minimum absolute atomic E-state index is 0.0835. The number of carbonyl (C=O) groups excluding carboxylic acids is 1. The summed E-state index contributed by atoms with van der Waals surface area (Å²) in [6.45, 7) is 2.53. The van der Waals surface area contributed by atoms with E-state index < -0.39 is 11.7 Å². The highest BCUT2D eigenvalue weighted by molar-refractivity contribution is 5.93. The highest BCUT2D eigenvalue weighted by atomic mass is 19.4. The van der Waals surface area contributed by atoms with Crippen LogP contribution in [0.25, 0.3) is 10.9 Å². The molecule has 2 aromatic carbocycles. The molecule has 0 saturated carbocycles. The average molecular weight is 430 g/mol. The fourth-order valence-electron chi connectivity index (χ4n) is 3.77. The Morgan fingerprint density at radius 1 is 1.00 bits per heavy atom. The van der Waals surface area contributed by atoms with E-state index in [-0.39, 0.29) is 23.7 Å². The molecule has 1 saturated heterocycles. The Balaban J connectivity index is 1.37. The Labute approximate surface area is 176 Å². The number of hydrogen-bond acceptors (Lipinski definition) is 4. The third-order valence-electron chi connectivity index (χ3n) is 5.28. The molecule has 4 rings (SSSR count). The van der Waals surface area contributed by atoms with Gasteiger partial charge in [-0.05, 0) is 24.3 Å². The lowest BCUT2D eigenvalue weighted by Gasteiger charge is -2.36. The standard InChI is InChI=1S/C22H21F3N4O2/c23-22(24,25)15-4-3-5-16(12-15)26-21(31)14-28-8-10-29(11-9-28)19-13-20(30)27-18-7-2-1-6-17(18)19/h1-7,12-13H,8-11,14H2,(H,26,31)(H,27,30). The van der Waals surface area contributed by atoms with Crippen LogP contribution in [-0.2, 0) is 11.0 Å². The predicted octanol–water partition coefficient (Wildman–Crippen LogP) is 3.31. The summed E-state index contributed by atoms with van der Waals surface area (Å²) in [5.41, 5.74) is 0.773. The van der Waals surface area contributed by atoms with Crippen LogP contribution in [0.2, 0.25) is 0 Å². The Morgan fingerprint density at radius 3 is 2.48 bits per heavy atom. The molecule has 9 heteroatoms. The normalized spacial score (nSPS) is 15.3. The van der Waals surface area contributed by atoms with Gasteiger partial charge in [-0.3, -0.25) is 14.5 Å². The first-order chi connectivity index (χ1) is 14.8. The lowest BCUT2D eigenvalue weighted by Crippen LogP contribution is -2.49. The monoisotopic (exact) mass is 430 g/mol. The molecule has 2 N–H and O–H groups in total. The van der Waals surface area contributed by atoms with Crippen molar-refractivity contribution in [2.45, 2.75) is 6.18 Å². The number of aromatic nitrogens is 1. The molecule has 162 valence electrons. The van der Waals surface area contributed by atoms with Crippen molar-refractivity contribution in [2.24, 2.45) is 0 Å². The predicted molar refractivity (Wildman–Crippen MR) is 113 cm³/mol. The number of nitrogens with zero attached hydrogens (tertiary/aromatic N) is 2. The van der Waals surface area contributed by atoms with Crippen LogP contribution in [0.1, 0.15) is 5.56 Å². The molecule has 1 aromatic heterocycles. The largest absolute Gasteiger partial charge is 0.416 e. The van der Waals surface area contributed by atoms with Gasteiger partial charge in [0.25, 0.3) is 0 Å². The summed E-state index contributed by atoms with van der Waals surface area (Å²) in [6.07, 6.45) is -4.46. The summed E-state index contributed by atoms with van der Waals surface area (Å²) in [5.74, 6) is -0.366. The number of fused-ring (bicyclic) bond motifs is 1. The Bertz CT molecular complexity index is 1150. The van der Waals surface area contributed by atoms with E-state index in [9.17, 15) is 22.8 Å². The molecule has 1 amide bonds. The molecule has 2 heterocycles. The van der Waals surface area contributed by atoms with Gasteiger partial charge in [-0.25, -0.2) is 0 Å². The minimum atomic E-state index is -4.46. The Hall–Kier alpha value is -3.33. The van der Waals surface area contributed by atoms with Crippen molar-refractivity contribution in [3.8, 4) is 0 Å². The van der Waals surface area contributed by atoms with Gasteiger partial charge in [0.05, 0.1) is 23.3 Å². The van der Waals surface area contributed by atoms with Crippen LogP contribution in [0.3, 0.4) is 0 Å². The molecule has 0 atom stereocenters. The number of aromatic amines is 1. The number of halogens is 3. The zero-order valence-corrected chi connectivity index (χ0v) is 16.6. The van der Waals surface area contributed by atoms with Gasteiger partial charge in [-0.1, -0.05) is 24.3 Å². The number of alkyl halides is 3. The van der Waals surface area contributed by atoms with Crippen LogP contribution < -0.4 is 15.8 Å². The van der Waals surface area contributed by atoms with Crippen LogP contribution in [0.4, 0.5) is 24.5 Å². The molecular formula is C22H21F3N4O2. The maximum atomic E-state index is 12.8. The number of amides is 1. The van der Waals surface area contributed by atoms with Gasteiger partial charge in [0.15, 0.2) is 0 Å². The van der Waals surface area contributed by atoms with Crippen molar-refractivity contribution in [3.05, 3.63) is 70.5 Å². The molecule has 0 unspecified atom stereocenters. The molecule has 0 aliphatic carbocycles.